The minimum absolute atomic E-state index is 0.00157. The molecule has 0 saturated heterocycles. The fourth-order valence-electron chi connectivity index (χ4n) is 3.42. The molecule has 152 valence electrons. The summed E-state index contributed by atoms with van der Waals surface area (Å²) in [6.45, 7) is 8.05. The van der Waals surface area contributed by atoms with Crippen LogP contribution >= 0.6 is 0 Å². The third-order valence-corrected chi connectivity index (χ3v) is 4.86. The van der Waals surface area contributed by atoms with Crippen molar-refractivity contribution >= 4 is 11.6 Å². The Morgan fingerprint density at radius 2 is 2.04 bits per heavy atom. The van der Waals surface area contributed by atoms with Gasteiger partial charge in [-0.3, -0.25) is 14.4 Å². The molecule has 0 atom stereocenters. The molecule has 0 aliphatic carbocycles. The van der Waals surface area contributed by atoms with Crippen LogP contribution in [0.2, 0.25) is 0 Å². The SMILES string of the molecule is Cc1cn(CC(=O)Nc2cccc3c2CN(CCC(C)C)C3)nc1C(F)(F)F. The Morgan fingerprint density at radius 3 is 2.68 bits per heavy atom. The number of halogens is 3. The Bertz CT molecular complexity index is 858. The van der Waals surface area contributed by atoms with Crippen molar-refractivity contribution in [1.29, 1.82) is 0 Å². The van der Waals surface area contributed by atoms with E-state index in [2.05, 4.69) is 29.2 Å². The highest BCUT2D eigenvalue weighted by Crippen LogP contribution is 2.31. The molecular formula is C20H25F3N4O. The van der Waals surface area contributed by atoms with Gasteiger partial charge in [-0.15, -0.1) is 0 Å². The molecule has 0 fully saturated rings. The van der Waals surface area contributed by atoms with Gasteiger partial charge >= 0.3 is 6.18 Å². The monoisotopic (exact) mass is 394 g/mol. The van der Waals surface area contributed by atoms with Crippen molar-refractivity contribution in [3.63, 3.8) is 0 Å². The Labute approximate surface area is 162 Å². The van der Waals surface area contributed by atoms with Gasteiger partial charge < -0.3 is 5.32 Å². The van der Waals surface area contributed by atoms with Crippen LogP contribution in [0.1, 0.15) is 42.7 Å². The van der Waals surface area contributed by atoms with E-state index in [1.54, 1.807) is 0 Å². The van der Waals surface area contributed by atoms with E-state index in [0.29, 0.717) is 5.92 Å². The third kappa shape index (κ3) is 4.73. The second-order valence-corrected chi connectivity index (χ2v) is 7.74. The van der Waals surface area contributed by atoms with E-state index < -0.39 is 17.8 Å². The van der Waals surface area contributed by atoms with Crippen LogP contribution in [-0.4, -0.2) is 27.1 Å². The van der Waals surface area contributed by atoms with Crippen LogP contribution in [0.15, 0.2) is 24.4 Å². The van der Waals surface area contributed by atoms with E-state index in [0.717, 1.165) is 42.0 Å². The van der Waals surface area contributed by atoms with Crippen LogP contribution < -0.4 is 5.32 Å². The molecule has 1 aliphatic heterocycles. The Morgan fingerprint density at radius 1 is 1.29 bits per heavy atom. The normalized spacial score (nSPS) is 14.5. The lowest BCUT2D eigenvalue weighted by atomic mass is 10.1. The van der Waals surface area contributed by atoms with E-state index in [9.17, 15) is 18.0 Å². The Hall–Kier alpha value is -2.35. The standard InChI is InChI=1S/C20H25F3N4O/c1-13(2)7-8-26-10-15-5-4-6-17(16(15)11-26)24-18(28)12-27-9-14(3)19(25-27)20(21,22)23/h4-6,9,13H,7-8,10-12H2,1-3H3,(H,24,28). The number of rotatable bonds is 6. The molecule has 2 heterocycles. The second kappa shape index (κ2) is 7.95. The van der Waals surface area contributed by atoms with E-state index in [1.807, 2.05) is 18.2 Å². The summed E-state index contributed by atoms with van der Waals surface area (Å²) in [6, 6.07) is 5.77. The predicted molar refractivity (Wildman–Crippen MR) is 101 cm³/mol. The van der Waals surface area contributed by atoms with Crippen LogP contribution in [-0.2, 0) is 30.6 Å². The van der Waals surface area contributed by atoms with Crippen molar-refractivity contribution in [1.82, 2.24) is 14.7 Å². The lowest BCUT2D eigenvalue weighted by molar-refractivity contribution is -0.142. The fourth-order valence-corrected chi connectivity index (χ4v) is 3.42. The molecule has 2 aromatic rings. The average molecular weight is 394 g/mol. The topological polar surface area (TPSA) is 50.2 Å². The Kier molecular flexibility index (Phi) is 5.79. The largest absolute Gasteiger partial charge is 0.435 e. The van der Waals surface area contributed by atoms with Gasteiger partial charge in [0.1, 0.15) is 6.54 Å². The van der Waals surface area contributed by atoms with Crippen molar-refractivity contribution in [2.75, 3.05) is 11.9 Å². The minimum atomic E-state index is -4.52. The molecule has 1 aliphatic rings. The van der Waals surface area contributed by atoms with Gasteiger partial charge in [0.05, 0.1) is 0 Å². The highest BCUT2D eigenvalue weighted by molar-refractivity contribution is 5.91. The summed E-state index contributed by atoms with van der Waals surface area (Å²) in [5.74, 6) is 0.229. The van der Waals surface area contributed by atoms with Gasteiger partial charge in [-0.1, -0.05) is 26.0 Å². The van der Waals surface area contributed by atoms with Crippen molar-refractivity contribution in [3.8, 4) is 0 Å². The van der Waals surface area contributed by atoms with Crippen molar-refractivity contribution in [2.24, 2.45) is 5.92 Å². The van der Waals surface area contributed by atoms with Crippen LogP contribution in [0.4, 0.5) is 18.9 Å². The van der Waals surface area contributed by atoms with Gasteiger partial charge in [-0.05, 0) is 48.6 Å². The number of aromatic nitrogens is 2. The molecule has 3 rings (SSSR count). The van der Waals surface area contributed by atoms with Gasteiger partial charge in [-0.25, -0.2) is 0 Å². The van der Waals surface area contributed by atoms with Crippen molar-refractivity contribution in [2.45, 2.75) is 53.0 Å². The van der Waals surface area contributed by atoms with Crippen LogP contribution in [0.3, 0.4) is 0 Å². The first kappa shape index (κ1) is 20.4. The third-order valence-electron chi connectivity index (χ3n) is 4.86. The number of alkyl halides is 3. The molecule has 1 aromatic carbocycles. The van der Waals surface area contributed by atoms with Gasteiger partial charge in [0.15, 0.2) is 5.69 Å². The number of fused-ring (bicyclic) bond motifs is 1. The summed E-state index contributed by atoms with van der Waals surface area (Å²) < 4.78 is 39.6. The van der Waals surface area contributed by atoms with E-state index in [-0.39, 0.29) is 12.1 Å². The summed E-state index contributed by atoms with van der Waals surface area (Å²) in [7, 11) is 0. The summed E-state index contributed by atoms with van der Waals surface area (Å²) in [5.41, 5.74) is 2.01. The molecule has 28 heavy (non-hydrogen) atoms. The van der Waals surface area contributed by atoms with Gasteiger partial charge in [0, 0.05) is 25.0 Å². The predicted octanol–water partition coefficient (Wildman–Crippen LogP) is 4.21. The smallest absolute Gasteiger partial charge is 0.324 e. The van der Waals surface area contributed by atoms with Crippen LogP contribution in [0.5, 0.6) is 0 Å². The van der Waals surface area contributed by atoms with Crippen LogP contribution in [0.25, 0.3) is 0 Å². The maximum atomic E-state index is 12.9. The molecule has 8 heteroatoms. The molecular weight excluding hydrogens is 369 g/mol. The first-order chi connectivity index (χ1) is 13.1. The van der Waals surface area contributed by atoms with E-state index >= 15 is 0 Å². The zero-order valence-electron chi connectivity index (χ0n) is 16.3. The summed E-state index contributed by atoms with van der Waals surface area (Å²) in [4.78, 5) is 14.7. The number of nitrogens with one attached hydrogen (secondary N) is 1. The molecule has 0 unspecified atom stereocenters. The first-order valence-electron chi connectivity index (χ1n) is 9.37. The van der Waals surface area contributed by atoms with Crippen molar-refractivity contribution in [3.05, 3.63) is 46.8 Å². The molecule has 5 nitrogen and oxygen atoms in total. The lowest BCUT2D eigenvalue weighted by Gasteiger charge is -2.16. The number of nitrogens with zero attached hydrogens (tertiary/aromatic N) is 3. The average Bonchev–Trinajstić information content (AvgIpc) is 3.16. The maximum Gasteiger partial charge on any atom is 0.435 e. The fraction of sp³-hybridized carbons (Fsp3) is 0.500. The highest BCUT2D eigenvalue weighted by atomic mass is 19.4. The highest BCUT2D eigenvalue weighted by Gasteiger charge is 2.36. The molecule has 0 spiro atoms. The molecule has 1 amide bonds. The maximum absolute atomic E-state index is 12.9. The first-order valence-corrected chi connectivity index (χ1v) is 9.37. The summed E-state index contributed by atoms with van der Waals surface area (Å²) in [5, 5.41) is 6.35. The summed E-state index contributed by atoms with van der Waals surface area (Å²) in [6.07, 6.45) is -2.17. The zero-order chi connectivity index (χ0) is 20.5. The van der Waals surface area contributed by atoms with Gasteiger partial charge in [0.25, 0.3) is 0 Å². The molecule has 1 N–H and O–H groups in total. The number of carbonyl (C=O) groups is 1. The number of hydrogen-bond donors (Lipinski definition) is 1. The number of benzene rings is 1. The molecule has 0 saturated carbocycles. The van der Waals surface area contributed by atoms with Gasteiger partial charge in [0.2, 0.25) is 5.91 Å². The molecule has 0 bridgehead atoms. The molecule has 0 radical (unpaired) electrons. The second-order valence-electron chi connectivity index (χ2n) is 7.74. The number of amides is 1. The van der Waals surface area contributed by atoms with E-state index in [4.69, 9.17) is 0 Å². The number of aryl methyl sites for hydroxylation is 1. The van der Waals surface area contributed by atoms with Crippen molar-refractivity contribution < 1.29 is 18.0 Å². The zero-order valence-corrected chi connectivity index (χ0v) is 16.3. The number of hydrogen-bond acceptors (Lipinski definition) is 3. The quantitative estimate of drug-likeness (QED) is 0.799. The molecule has 1 aromatic heterocycles. The Balaban J connectivity index is 1.66. The van der Waals surface area contributed by atoms with Crippen LogP contribution in [0, 0.1) is 12.8 Å². The number of anilines is 1. The van der Waals surface area contributed by atoms with E-state index in [1.165, 1.54) is 18.7 Å². The lowest BCUT2D eigenvalue weighted by Crippen LogP contribution is -2.21. The summed E-state index contributed by atoms with van der Waals surface area (Å²) >= 11 is 0. The minimum Gasteiger partial charge on any atom is -0.324 e. The van der Waals surface area contributed by atoms with Gasteiger partial charge in [-0.2, -0.15) is 18.3 Å². The number of carbonyl (C=O) groups excluding carboxylic acids is 1.